The first-order valence-electron chi connectivity index (χ1n) is 14.8. The molecular weight excluding hydrogens is 683 g/mol. The second kappa shape index (κ2) is 13.6. The highest BCUT2D eigenvalue weighted by Crippen LogP contribution is 2.35. The van der Waals surface area contributed by atoms with Crippen LogP contribution in [0, 0.1) is 0 Å². The van der Waals surface area contributed by atoms with E-state index in [-0.39, 0.29) is 33.2 Å². The van der Waals surface area contributed by atoms with Gasteiger partial charge in [-0.05, 0) is 68.4 Å². The second-order valence-corrected chi connectivity index (χ2v) is 13.1. The number of amides is 1. The van der Waals surface area contributed by atoms with E-state index in [1.165, 1.54) is 4.57 Å². The Morgan fingerprint density at radius 3 is 2.44 bits per heavy atom. The summed E-state index contributed by atoms with van der Waals surface area (Å²) in [4.78, 5) is 42.5. The Labute approximate surface area is 285 Å². The first-order valence-corrected chi connectivity index (χ1v) is 16.8. The summed E-state index contributed by atoms with van der Waals surface area (Å²) in [6, 6.07) is 18.8. The molecule has 1 aliphatic heterocycles. The maximum atomic E-state index is 14.0. The Hall–Kier alpha value is -4.46. The Balaban J connectivity index is 1.38. The Bertz CT molecular complexity index is 2210. The number of fused-ring (bicyclic) bond motifs is 1. The summed E-state index contributed by atoms with van der Waals surface area (Å²) in [7, 11) is 0. The van der Waals surface area contributed by atoms with Crippen molar-refractivity contribution in [3.63, 3.8) is 0 Å². The minimum absolute atomic E-state index is 0.123. The number of allylic oxidation sites excluding steroid dienone is 1. The first-order chi connectivity index (χ1) is 23.0. The molecular formula is C34H27ClF3N5O3S2. The number of rotatable bonds is 8. The monoisotopic (exact) mass is 709 g/mol. The molecule has 0 unspecified atom stereocenters. The van der Waals surface area contributed by atoms with E-state index in [0.717, 1.165) is 29.2 Å². The van der Waals surface area contributed by atoms with Crippen molar-refractivity contribution in [3.8, 4) is 11.3 Å². The van der Waals surface area contributed by atoms with E-state index in [1.54, 1.807) is 84.6 Å². The molecule has 3 aromatic heterocycles. The SMILES string of the molecule is CCN(CC)C(=O)C1=C(C)N=c2s/c(=C\c3ccc(Sc4nc(-c5ccccc5)cc(C(F)(F)F)n4)o3)c(=O)n2[C@@H]1c1ccc(Cl)cc1. The highest BCUT2D eigenvalue weighted by atomic mass is 35.5. The topological polar surface area (TPSA) is 93.6 Å². The van der Waals surface area contributed by atoms with Crippen LogP contribution in [0.25, 0.3) is 17.3 Å². The van der Waals surface area contributed by atoms with Crippen LogP contribution in [0.3, 0.4) is 0 Å². The number of nitrogens with zero attached hydrogens (tertiary/aromatic N) is 5. The van der Waals surface area contributed by atoms with Crippen LogP contribution < -0.4 is 14.9 Å². The molecule has 0 bridgehead atoms. The third kappa shape index (κ3) is 6.75. The standard InChI is InChI=1S/C34H27ClF3N5O3S2/c1-4-42(5-2)31(45)28-19(3)39-33-43(29(28)21-11-13-22(35)14-12-21)30(44)25(47-33)17-23-15-16-27(46-23)48-32-40-24(20-9-7-6-8-10-20)18-26(41-32)34(36,37)38/h6-18,29H,4-5H2,1-3H3/b25-17-/t29-/m1/s1. The van der Waals surface area contributed by atoms with E-state index in [4.69, 9.17) is 16.0 Å². The number of furan rings is 1. The van der Waals surface area contributed by atoms with Crippen LogP contribution >= 0.6 is 34.7 Å². The normalized spacial score (nSPS) is 15.0. The number of alkyl halides is 3. The molecule has 1 amide bonds. The first kappa shape index (κ1) is 33.4. The van der Waals surface area contributed by atoms with E-state index in [2.05, 4.69) is 15.0 Å². The number of halogens is 4. The molecule has 14 heteroatoms. The van der Waals surface area contributed by atoms with Crippen molar-refractivity contribution in [2.75, 3.05) is 13.1 Å². The lowest BCUT2D eigenvalue weighted by Gasteiger charge is -2.29. The van der Waals surface area contributed by atoms with E-state index >= 15 is 0 Å². The van der Waals surface area contributed by atoms with Gasteiger partial charge in [-0.25, -0.2) is 15.0 Å². The average Bonchev–Trinajstić information content (AvgIpc) is 3.63. The molecule has 246 valence electrons. The zero-order chi connectivity index (χ0) is 34.2. The van der Waals surface area contributed by atoms with Gasteiger partial charge in [0.2, 0.25) is 0 Å². The maximum absolute atomic E-state index is 14.0. The van der Waals surface area contributed by atoms with Crippen molar-refractivity contribution in [1.82, 2.24) is 19.4 Å². The molecule has 0 fully saturated rings. The largest absolute Gasteiger partial charge is 0.450 e. The fourth-order valence-electron chi connectivity index (χ4n) is 5.30. The summed E-state index contributed by atoms with van der Waals surface area (Å²) >= 11 is 8.14. The lowest BCUT2D eigenvalue weighted by Crippen LogP contribution is -2.43. The number of aromatic nitrogens is 3. The van der Waals surface area contributed by atoms with E-state index in [1.807, 2.05) is 13.8 Å². The lowest BCUT2D eigenvalue weighted by molar-refractivity contribution is -0.141. The molecule has 2 aromatic carbocycles. The van der Waals surface area contributed by atoms with Gasteiger partial charge in [-0.1, -0.05) is 65.4 Å². The smallest absolute Gasteiger partial charge is 0.433 e. The van der Waals surface area contributed by atoms with Crippen molar-refractivity contribution < 1.29 is 22.4 Å². The van der Waals surface area contributed by atoms with Gasteiger partial charge in [-0.15, -0.1) is 0 Å². The minimum Gasteiger partial charge on any atom is -0.450 e. The number of benzene rings is 2. The molecule has 0 N–H and O–H groups in total. The van der Waals surface area contributed by atoms with Crippen LogP contribution in [-0.2, 0) is 11.0 Å². The fraction of sp³-hybridized carbons (Fsp3) is 0.206. The predicted molar refractivity (Wildman–Crippen MR) is 178 cm³/mol. The summed E-state index contributed by atoms with van der Waals surface area (Å²) in [5.74, 6) is 0.0756. The fourth-order valence-corrected chi connectivity index (χ4v) is 7.19. The number of hydrogen-bond acceptors (Lipinski definition) is 8. The van der Waals surface area contributed by atoms with Gasteiger partial charge in [0.25, 0.3) is 11.5 Å². The third-order valence-electron chi connectivity index (χ3n) is 7.62. The van der Waals surface area contributed by atoms with Crippen molar-refractivity contribution in [3.05, 3.63) is 126 Å². The van der Waals surface area contributed by atoms with Gasteiger partial charge in [-0.3, -0.25) is 14.2 Å². The molecule has 4 heterocycles. The third-order valence-corrected chi connectivity index (χ3v) is 9.64. The van der Waals surface area contributed by atoms with Crippen LogP contribution in [0.5, 0.6) is 0 Å². The Morgan fingerprint density at radius 2 is 1.77 bits per heavy atom. The zero-order valence-corrected chi connectivity index (χ0v) is 28.2. The van der Waals surface area contributed by atoms with E-state index in [0.29, 0.717) is 49.8 Å². The van der Waals surface area contributed by atoms with Crippen molar-refractivity contribution in [2.24, 2.45) is 4.99 Å². The van der Waals surface area contributed by atoms with Crippen LogP contribution in [0.15, 0.2) is 109 Å². The molecule has 1 atom stereocenters. The average molecular weight is 710 g/mol. The van der Waals surface area contributed by atoms with Gasteiger partial charge in [0, 0.05) is 29.8 Å². The number of carbonyl (C=O) groups excluding carboxylic acids is 1. The predicted octanol–water partition coefficient (Wildman–Crippen LogP) is 6.98. The number of likely N-dealkylation sites (N-methyl/N-ethyl adjacent to an activating group) is 1. The van der Waals surface area contributed by atoms with Crippen LogP contribution in [-0.4, -0.2) is 38.4 Å². The molecule has 5 aromatic rings. The van der Waals surface area contributed by atoms with Crippen molar-refractivity contribution in [1.29, 1.82) is 0 Å². The molecule has 0 spiro atoms. The molecule has 0 saturated heterocycles. The van der Waals surface area contributed by atoms with E-state index < -0.39 is 17.9 Å². The highest BCUT2D eigenvalue weighted by Gasteiger charge is 2.35. The Morgan fingerprint density at radius 1 is 1.06 bits per heavy atom. The molecule has 0 radical (unpaired) electrons. The summed E-state index contributed by atoms with van der Waals surface area (Å²) in [5, 5.41) is 0.601. The molecule has 0 aliphatic carbocycles. The van der Waals surface area contributed by atoms with Gasteiger partial charge < -0.3 is 9.32 Å². The molecule has 48 heavy (non-hydrogen) atoms. The highest BCUT2D eigenvalue weighted by molar-refractivity contribution is 7.99. The van der Waals surface area contributed by atoms with Crippen LogP contribution in [0.4, 0.5) is 13.2 Å². The van der Waals surface area contributed by atoms with Crippen LogP contribution in [0.2, 0.25) is 5.02 Å². The Kier molecular flexibility index (Phi) is 9.46. The number of hydrogen-bond donors (Lipinski definition) is 0. The maximum Gasteiger partial charge on any atom is 0.433 e. The number of carbonyl (C=O) groups is 1. The van der Waals surface area contributed by atoms with Gasteiger partial charge in [0.15, 0.2) is 15.1 Å². The number of thiazole rings is 1. The summed E-state index contributed by atoms with van der Waals surface area (Å²) in [5.41, 5.74) is 0.783. The lowest BCUT2D eigenvalue weighted by atomic mass is 9.94. The van der Waals surface area contributed by atoms with Crippen molar-refractivity contribution in [2.45, 2.75) is 43.2 Å². The molecule has 0 saturated carbocycles. The minimum atomic E-state index is -4.68. The van der Waals surface area contributed by atoms with Gasteiger partial charge in [0.1, 0.15) is 11.5 Å². The van der Waals surface area contributed by atoms with Crippen molar-refractivity contribution >= 4 is 46.7 Å². The van der Waals surface area contributed by atoms with Gasteiger partial charge >= 0.3 is 6.18 Å². The summed E-state index contributed by atoms with van der Waals surface area (Å²) < 4.78 is 48.8. The zero-order valence-electron chi connectivity index (χ0n) is 25.8. The quantitative estimate of drug-likeness (QED) is 0.162. The van der Waals surface area contributed by atoms with Gasteiger partial charge in [-0.2, -0.15) is 13.2 Å². The van der Waals surface area contributed by atoms with E-state index in [9.17, 15) is 22.8 Å². The molecule has 6 rings (SSSR count). The summed E-state index contributed by atoms with van der Waals surface area (Å²) in [6.07, 6.45) is -3.14. The second-order valence-electron chi connectivity index (χ2n) is 10.7. The molecule has 1 aliphatic rings. The molecule has 8 nitrogen and oxygen atoms in total. The van der Waals surface area contributed by atoms with Gasteiger partial charge in [0.05, 0.1) is 27.5 Å². The van der Waals surface area contributed by atoms with Crippen LogP contribution in [0.1, 0.15) is 43.8 Å². The summed E-state index contributed by atoms with van der Waals surface area (Å²) in [6.45, 7) is 6.51.